The quantitative estimate of drug-likeness (QED) is 0.203. The largest absolute Gasteiger partial charge is 0.465 e. The molecule has 8 rings (SSSR count). The van der Waals surface area contributed by atoms with Gasteiger partial charge in [0.2, 0.25) is 5.95 Å². The number of methoxy groups -OCH3 is 1. The SMILES string of the molecule is COC(=O)c1ccccc1-c1ccc2c3c(cccc13)N(c1nc(-c3ccccc3)c3ccccc3n1)c1ccccc1-2. The van der Waals surface area contributed by atoms with Crippen LogP contribution in [0, 0.1) is 0 Å². The Morgan fingerprint density at radius 3 is 2.12 bits per heavy atom. The summed E-state index contributed by atoms with van der Waals surface area (Å²) in [6.45, 7) is 0. The number of ether oxygens (including phenoxy) is 1. The van der Waals surface area contributed by atoms with Gasteiger partial charge in [0.05, 0.1) is 35.3 Å². The van der Waals surface area contributed by atoms with Crippen molar-refractivity contribution in [3.63, 3.8) is 0 Å². The fourth-order valence-corrected chi connectivity index (χ4v) is 6.26. The van der Waals surface area contributed by atoms with Crippen LogP contribution in [-0.2, 0) is 4.74 Å². The maximum absolute atomic E-state index is 12.8. The van der Waals surface area contributed by atoms with E-state index in [9.17, 15) is 4.79 Å². The van der Waals surface area contributed by atoms with Crippen LogP contribution in [0.15, 0.2) is 133 Å². The van der Waals surface area contributed by atoms with E-state index in [1.807, 2.05) is 60.7 Å². The normalized spacial score (nSPS) is 11.9. The van der Waals surface area contributed by atoms with Gasteiger partial charge in [-0.25, -0.2) is 14.8 Å². The lowest BCUT2D eigenvalue weighted by atomic mass is 9.86. The summed E-state index contributed by atoms with van der Waals surface area (Å²) in [5.41, 5.74) is 9.34. The van der Waals surface area contributed by atoms with Gasteiger partial charge in [0.25, 0.3) is 0 Å². The Bertz CT molecular complexity index is 2210. The average Bonchev–Trinajstić information content (AvgIpc) is 3.08. The molecular weight excluding hydrogens is 530 g/mol. The van der Waals surface area contributed by atoms with Gasteiger partial charge in [0.15, 0.2) is 0 Å². The number of carbonyl (C=O) groups is 1. The lowest BCUT2D eigenvalue weighted by Crippen LogP contribution is -2.18. The first-order valence-corrected chi connectivity index (χ1v) is 14.2. The first kappa shape index (κ1) is 24.9. The zero-order valence-electron chi connectivity index (χ0n) is 23.4. The molecule has 6 aromatic carbocycles. The molecule has 0 aliphatic carbocycles. The van der Waals surface area contributed by atoms with E-state index < -0.39 is 0 Å². The molecule has 0 bridgehead atoms. The second-order valence-corrected chi connectivity index (χ2v) is 10.5. The van der Waals surface area contributed by atoms with Gasteiger partial charge in [-0.1, -0.05) is 109 Å². The van der Waals surface area contributed by atoms with Gasteiger partial charge in [-0.3, -0.25) is 4.90 Å². The number of benzene rings is 6. The van der Waals surface area contributed by atoms with Gasteiger partial charge in [0, 0.05) is 21.9 Å². The van der Waals surface area contributed by atoms with Gasteiger partial charge >= 0.3 is 5.97 Å². The Morgan fingerprint density at radius 2 is 1.26 bits per heavy atom. The van der Waals surface area contributed by atoms with E-state index in [1.54, 1.807) is 0 Å². The number of esters is 1. The van der Waals surface area contributed by atoms with E-state index in [2.05, 4.69) is 77.7 Å². The third-order valence-electron chi connectivity index (χ3n) is 8.16. The summed E-state index contributed by atoms with van der Waals surface area (Å²) in [6.07, 6.45) is 0. The maximum Gasteiger partial charge on any atom is 0.338 e. The first-order chi connectivity index (χ1) is 21.2. The van der Waals surface area contributed by atoms with Gasteiger partial charge in [-0.05, 0) is 46.3 Å². The third kappa shape index (κ3) is 3.90. The van der Waals surface area contributed by atoms with Crippen LogP contribution in [-0.4, -0.2) is 23.0 Å². The monoisotopic (exact) mass is 555 g/mol. The lowest BCUT2D eigenvalue weighted by molar-refractivity contribution is 0.0601. The molecule has 0 atom stereocenters. The number of hydrogen-bond donors (Lipinski definition) is 0. The summed E-state index contributed by atoms with van der Waals surface area (Å²) in [5, 5.41) is 3.12. The molecule has 0 saturated heterocycles. The third-order valence-corrected chi connectivity index (χ3v) is 8.16. The smallest absolute Gasteiger partial charge is 0.338 e. The minimum Gasteiger partial charge on any atom is -0.465 e. The number of fused-ring (bicyclic) bond motifs is 3. The summed E-state index contributed by atoms with van der Waals surface area (Å²) in [5.74, 6) is 0.240. The van der Waals surface area contributed by atoms with Gasteiger partial charge < -0.3 is 4.74 Å². The van der Waals surface area contributed by atoms with Crippen LogP contribution in [0.4, 0.5) is 17.3 Å². The van der Waals surface area contributed by atoms with Crippen molar-refractivity contribution < 1.29 is 9.53 Å². The number of rotatable bonds is 4. The summed E-state index contributed by atoms with van der Waals surface area (Å²) in [7, 11) is 1.42. The van der Waals surface area contributed by atoms with Crippen LogP contribution < -0.4 is 4.90 Å². The second kappa shape index (κ2) is 9.93. The molecule has 0 saturated carbocycles. The lowest BCUT2D eigenvalue weighted by Gasteiger charge is -2.32. The van der Waals surface area contributed by atoms with E-state index in [0.717, 1.165) is 66.6 Å². The topological polar surface area (TPSA) is 55.3 Å². The summed E-state index contributed by atoms with van der Waals surface area (Å²) in [6, 6.07) is 45.0. The highest BCUT2D eigenvalue weighted by Crippen LogP contribution is 2.52. The Labute approximate surface area is 248 Å². The van der Waals surface area contributed by atoms with Gasteiger partial charge in [-0.2, -0.15) is 0 Å². The molecule has 2 heterocycles. The van der Waals surface area contributed by atoms with E-state index in [4.69, 9.17) is 14.7 Å². The zero-order chi connectivity index (χ0) is 28.9. The molecule has 5 heteroatoms. The molecule has 0 N–H and O–H groups in total. The molecule has 204 valence electrons. The standard InChI is InChI=1S/C38H25N3O2/c1-43-37(42)30-16-6-5-14-25(30)26-22-23-29-27-15-8-10-20-33(27)41(34-21-11-18-28(26)35(29)34)38-39-32-19-9-7-17-31(32)36(40-38)24-12-3-2-4-13-24/h2-23H,1H3. The van der Waals surface area contributed by atoms with Gasteiger partial charge in [0.1, 0.15) is 0 Å². The molecule has 0 spiro atoms. The molecule has 1 aromatic heterocycles. The summed E-state index contributed by atoms with van der Waals surface area (Å²) >= 11 is 0. The van der Waals surface area contributed by atoms with Crippen molar-refractivity contribution in [2.75, 3.05) is 12.0 Å². The van der Waals surface area contributed by atoms with E-state index >= 15 is 0 Å². The number of para-hydroxylation sites is 2. The molecule has 7 aromatic rings. The molecule has 0 radical (unpaired) electrons. The van der Waals surface area contributed by atoms with E-state index in [1.165, 1.54) is 7.11 Å². The van der Waals surface area contributed by atoms with Crippen LogP contribution >= 0.6 is 0 Å². The zero-order valence-corrected chi connectivity index (χ0v) is 23.4. The molecule has 1 aliphatic heterocycles. The van der Waals surface area contributed by atoms with Crippen molar-refractivity contribution in [3.8, 4) is 33.5 Å². The molecule has 1 aliphatic rings. The molecule has 43 heavy (non-hydrogen) atoms. The van der Waals surface area contributed by atoms with Crippen LogP contribution in [0.25, 0.3) is 55.2 Å². The highest BCUT2D eigenvalue weighted by Gasteiger charge is 2.29. The van der Waals surface area contributed by atoms with Crippen LogP contribution in [0.5, 0.6) is 0 Å². The van der Waals surface area contributed by atoms with Crippen molar-refractivity contribution in [3.05, 3.63) is 139 Å². The molecule has 0 amide bonds. The fraction of sp³-hybridized carbons (Fsp3) is 0.0263. The van der Waals surface area contributed by atoms with Crippen molar-refractivity contribution in [1.82, 2.24) is 9.97 Å². The summed E-state index contributed by atoms with van der Waals surface area (Å²) < 4.78 is 5.13. The number of carbonyl (C=O) groups excluding carboxylic acids is 1. The fourth-order valence-electron chi connectivity index (χ4n) is 6.26. The van der Waals surface area contributed by atoms with Gasteiger partial charge in [-0.15, -0.1) is 0 Å². The van der Waals surface area contributed by atoms with Crippen LogP contribution in [0.2, 0.25) is 0 Å². The molecule has 0 fully saturated rings. The molecule has 5 nitrogen and oxygen atoms in total. The number of nitrogens with zero attached hydrogens (tertiary/aromatic N) is 3. The Hall–Kier alpha value is -5.81. The van der Waals surface area contributed by atoms with Crippen LogP contribution in [0.1, 0.15) is 10.4 Å². The second-order valence-electron chi connectivity index (χ2n) is 10.5. The summed E-state index contributed by atoms with van der Waals surface area (Å²) in [4.78, 5) is 25.3. The first-order valence-electron chi connectivity index (χ1n) is 14.2. The Balaban J connectivity index is 1.43. The predicted molar refractivity (Wildman–Crippen MR) is 173 cm³/mol. The van der Waals surface area contributed by atoms with E-state index in [0.29, 0.717) is 11.5 Å². The molecular formula is C38H25N3O2. The predicted octanol–water partition coefficient (Wildman–Crippen LogP) is 9.35. The highest BCUT2D eigenvalue weighted by molar-refractivity contribution is 6.18. The van der Waals surface area contributed by atoms with Crippen molar-refractivity contribution >= 4 is 45.0 Å². The van der Waals surface area contributed by atoms with Crippen molar-refractivity contribution in [2.24, 2.45) is 0 Å². The molecule has 0 unspecified atom stereocenters. The Morgan fingerprint density at radius 1 is 0.581 bits per heavy atom. The van der Waals surface area contributed by atoms with Crippen LogP contribution in [0.3, 0.4) is 0 Å². The minimum absolute atomic E-state index is 0.360. The average molecular weight is 556 g/mol. The highest BCUT2D eigenvalue weighted by atomic mass is 16.5. The Kier molecular flexibility index (Phi) is 5.76. The number of hydrogen-bond acceptors (Lipinski definition) is 5. The van der Waals surface area contributed by atoms with Crippen molar-refractivity contribution in [2.45, 2.75) is 0 Å². The van der Waals surface area contributed by atoms with E-state index in [-0.39, 0.29) is 5.97 Å². The van der Waals surface area contributed by atoms with Crippen molar-refractivity contribution in [1.29, 1.82) is 0 Å². The maximum atomic E-state index is 12.8. The number of aromatic nitrogens is 2. The number of anilines is 3. The minimum atomic E-state index is -0.360.